The molecule has 1 atom stereocenters. The molecular weight excluding hydrogens is 508 g/mol. The van der Waals surface area contributed by atoms with Crippen molar-refractivity contribution in [3.63, 3.8) is 0 Å². The topological polar surface area (TPSA) is 125 Å². The predicted molar refractivity (Wildman–Crippen MR) is 152 cm³/mol. The average Bonchev–Trinajstić information content (AvgIpc) is 3.73. The molecule has 1 aromatic carbocycles. The maximum atomic E-state index is 14.2. The van der Waals surface area contributed by atoms with Crippen molar-refractivity contribution in [2.24, 2.45) is 4.99 Å². The van der Waals surface area contributed by atoms with Crippen molar-refractivity contribution in [1.82, 2.24) is 34.3 Å². The number of nitrogens with one attached hydrogen (secondary N) is 1. The molecule has 0 aliphatic carbocycles. The van der Waals surface area contributed by atoms with Gasteiger partial charge in [-0.2, -0.15) is 0 Å². The summed E-state index contributed by atoms with van der Waals surface area (Å²) in [5.74, 6) is 0.655. The summed E-state index contributed by atoms with van der Waals surface area (Å²) < 4.78 is 10.7. The summed E-state index contributed by atoms with van der Waals surface area (Å²) in [7, 11) is 0. The fraction of sp³-hybridized carbons (Fsp3) is 0.379. The first-order valence-corrected chi connectivity index (χ1v) is 13.7. The third-order valence-electron chi connectivity index (χ3n) is 7.38. The maximum Gasteiger partial charge on any atom is 0.341 e. The fourth-order valence-electron chi connectivity index (χ4n) is 5.25. The predicted octanol–water partition coefficient (Wildman–Crippen LogP) is 4.09. The van der Waals surface area contributed by atoms with Gasteiger partial charge in [0.15, 0.2) is 5.82 Å². The molecule has 0 fully saturated rings. The minimum Gasteiger partial charge on any atom is -0.462 e. The van der Waals surface area contributed by atoms with E-state index < -0.39 is 11.4 Å². The van der Waals surface area contributed by atoms with Gasteiger partial charge in [0, 0.05) is 54.6 Å². The number of hydrogen-bond donors (Lipinski definition) is 1. The Morgan fingerprint density at radius 1 is 1.20 bits per heavy atom. The van der Waals surface area contributed by atoms with Gasteiger partial charge in [0.1, 0.15) is 11.4 Å². The van der Waals surface area contributed by atoms with Crippen LogP contribution in [0.3, 0.4) is 0 Å². The Morgan fingerprint density at radius 2 is 2.08 bits per heavy atom. The fourth-order valence-corrected chi connectivity index (χ4v) is 5.25. The number of H-pyrrole nitrogens is 1. The third kappa shape index (κ3) is 5.06. The number of rotatable bonds is 11. The van der Waals surface area contributed by atoms with Crippen LogP contribution in [0, 0.1) is 0 Å². The van der Waals surface area contributed by atoms with Gasteiger partial charge in [-0.1, -0.05) is 37.6 Å². The van der Waals surface area contributed by atoms with E-state index in [2.05, 4.69) is 50.7 Å². The first-order valence-electron chi connectivity index (χ1n) is 13.7. The zero-order valence-corrected chi connectivity index (χ0v) is 23.1. The number of imidazole rings is 1. The van der Waals surface area contributed by atoms with Crippen LogP contribution >= 0.6 is 0 Å². The van der Waals surface area contributed by atoms with Gasteiger partial charge in [-0.3, -0.25) is 14.1 Å². The van der Waals surface area contributed by atoms with E-state index in [1.807, 2.05) is 46.8 Å². The Balaban J connectivity index is 1.63. The number of nitrogens with zero attached hydrogens (tertiary/aromatic N) is 7. The number of unbranched alkanes of at least 4 members (excludes halogenated alkanes) is 1. The summed E-state index contributed by atoms with van der Waals surface area (Å²) in [5, 5.41) is 14.3. The van der Waals surface area contributed by atoms with E-state index in [-0.39, 0.29) is 12.3 Å². The van der Waals surface area contributed by atoms with Crippen LogP contribution in [0.5, 0.6) is 0 Å². The van der Waals surface area contributed by atoms with Crippen molar-refractivity contribution < 1.29 is 9.53 Å². The highest BCUT2D eigenvalue weighted by molar-refractivity contribution is 5.93. The lowest BCUT2D eigenvalue weighted by atomic mass is 9.76. The van der Waals surface area contributed by atoms with Crippen molar-refractivity contribution in [1.29, 1.82) is 0 Å². The van der Waals surface area contributed by atoms with Gasteiger partial charge in [0.25, 0.3) is 0 Å². The Morgan fingerprint density at radius 3 is 2.77 bits per heavy atom. The highest BCUT2D eigenvalue weighted by Crippen LogP contribution is 2.35. The monoisotopic (exact) mass is 542 g/mol. The van der Waals surface area contributed by atoms with E-state index in [1.54, 1.807) is 23.8 Å². The Hall–Kier alpha value is -4.54. The van der Waals surface area contributed by atoms with Crippen LogP contribution in [0.15, 0.2) is 64.8 Å². The van der Waals surface area contributed by atoms with E-state index in [0.717, 1.165) is 36.1 Å². The number of allylic oxidation sites excluding steroid dienone is 1. The SMILES string of the molecule is CCCCc1cn(-c2c(C(=O)OCC)ccn2CC)c(=O)n1CC1(c2cccc(-c3nnn[nH]3)c2)C=CN=CC1. The summed E-state index contributed by atoms with van der Waals surface area (Å²) in [6, 6.07) is 9.76. The van der Waals surface area contributed by atoms with Crippen molar-refractivity contribution in [2.75, 3.05) is 6.61 Å². The zero-order valence-electron chi connectivity index (χ0n) is 23.1. The lowest BCUT2D eigenvalue weighted by molar-refractivity contribution is 0.0526. The third-order valence-corrected chi connectivity index (χ3v) is 7.38. The minimum absolute atomic E-state index is 0.198. The van der Waals surface area contributed by atoms with Crippen LogP contribution < -0.4 is 5.69 Å². The van der Waals surface area contributed by atoms with E-state index in [0.29, 0.717) is 36.7 Å². The number of hydrogen-bond acceptors (Lipinski definition) is 7. The average molecular weight is 543 g/mol. The van der Waals surface area contributed by atoms with Crippen LogP contribution in [-0.4, -0.2) is 53.1 Å². The first kappa shape index (κ1) is 27.0. The van der Waals surface area contributed by atoms with Gasteiger partial charge in [-0.25, -0.2) is 14.7 Å². The second-order valence-corrected chi connectivity index (χ2v) is 9.86. The number of benzene rings is 1. The normalized spacial score (nSPS) is 16.5. The zero-order chi connectivity index (χ0) is 28.1. The molecule has 208 valence electrons. The second kappa shape index (κ2) is 11.7. The molecule has 11 heteroatoms. The number of tetrazole rings is 1. The quantitative estimate of drug-likeness (QED) is 0.285. The summed E-state index contributed by atoms with van der Waals surface area (Å²) in [6.45, 7) is 7.15. The van der Waals surface area contributed by atoms with Gasteiger partial charge < -0.3 is 9.30 Å². The number of carbonyl (C=O) groups excluding carboxylic acids is 1. The number of carbonyl (C=O) groups is 1. The highest BCUT2D eigenvalue weighted by Gasteiger charge is 2.33. The van der Waals surface area contributed by atoms with Gasteiger partial charge in [0.05, 0.1) is 6.61 Å². The van der Waals surface area contributed by atoms with E-state index >= 15 is 0 Å². The number of aromatic nitrogens is 7. The molecule has 1 N–H and O–H groups in total. The number of aromatic amines is 1. The molecule has 40 heavy (non-hydrogen) atoms. The molecule has 4 aromatic rings. The molecule has 1 aliphatic heterocycles. The van der Waals surface area contributed by atoms with Crippen LogP contribution in [0.4, 0.5) is 0 Å². The standard InChI is InChI=1S/C29H34N8O3/c1-4-7-11-23-19-36(26-24(27(38)40-6-3)12-17-35(26)5-2)28(39)37(23)20-29(13-15-30-16-14-29)22-10-8-9-21(18-22)25-31-33-34-32-25/h8-10,12-13,15-19H,4-7,11,14,20H2,1-3H3,(H,31,32,33,34). The highest BCUT2D eigenvalue weighted by atomic mass is 16.5. The summed E-state index contributed by atoms with van der Waals surface area (Å²) >= 11 is 0. The Kier molecular flexibility index (Phi) is 7.90. The molecule has 1 aliphatic rings. The van der Waals surface area contributed by atoms with Crippen molar-refractivity contribution in [3.05, 3.63) is 82.3 Å². The molecular formula is C29H34N8O3. The molecule has 0 saturated carbocycles. The summed E-state index contributed by atoms with van der Waals surface area (Å²) in [4.78, 5) is 31.4. The first-order chi connectivity index (χ1) is 19.5. The summed E-state index contributed by atoms with van der Waals surface area (Å²) in [5.41, 5.74) is 2.44. The number of ether oxygens (including phenoxy) is 1. The molecule has 11 nitrogen and oxygen atoms in total. The van der Waals surface area contributed by atoms with E-state index in [9.17, 15) is 9.59 Å². The van der Waals surface area contributed by atoms with Gasteiger partial charge in [-0.05, 0) is 61.2 Å². The molecule has 0 amide bonds. The van der Waals surface area contributed by atoms with Crippen LogP contribution in [0.1, 0.15) is 61.6 Å². The van der Waals surface area contributed by atoms with E-state index in [4.69, 9.17) is 4.74 Å². The molecule has 3 aromatic heterocycles. The van der Waals surface area contributed by atoms with Crippen molar-refractivity contribution >= 4 is 12.2 Å². The lowest BCUT2D eigenvalue weighted by Gasteiger charge is -2.32. The number of aliphatic imine (C=N–C) groups is 1. The smallest absolute Gasteiger partial charge is 0.341 e. The van der Waals surface area contributed by atoms with Crippen molar-refractivity contribution in [3.8, 4) is 17.2 Å². The Bertz CT molecular complexity index is 1590. The van der Waals surface area contributed by atoms with Gasteiger partial charge in [0.2, 0.25) is 0 Å². The Labute approximate surface area is 232 Å². The molecule has 5 rings (SSSR count). The lowest BCUT2D eigenvalue weighted by Crippen LogP contribution is -2.37. The molecule has 0 saturated heterocycles. The summed E-state index contributed by atoms with van der Waals surface area (Å²) in [6.07, 6.45) is 12.7. The molecule has 1 unspecified atom stereocenters. The maximum absolute atomic E-state index is 14.2. The van der Waals surface area contributed by atoms with Crippen LogP contribution in [-0.2, 0) is 29.7 Å². The largest absolute Gasteiger partial charge is 0.462 e. The van der Waals surface area contributed by atoms with Crippen LogP contribution in [0.2, 0.25) is 0 Å². The van der Waals surface area contributed by atoms with Gasteiger partial charge >= 0.3 is 11.7 Å². The van der Waals surface area contributed by atoms with E-state index in [1.165, 1.54) is 0 Å². The molecule has 0 radical (unpaired) electrons. The van der Waals surface area contributed by atoms with Gasteiger partial charge in [-0.15, -0.1) is 5.10 Å². The minimum atomic E-state index is -0.529. The molecule has 4 heterocycles. The number of esters is 1. The molecule has 0 bridgehead atoms. The number of aryl methyl sites for hydroxylation is 2. The van der Waals surface area contributed by atoms with Crippen LogP contribution in [0.25, 0.3) is 17.2 Å². The second-order valence-electron chi connectivity index (χ2n) is 9.86. The molecule has 0 spiro atoms. The van der Waals surface area contributed by atoms with Crippen molar-refractivity contribution in [2.45, 2.75) is 65.0 Å².